The van der Waals surface area contributed by atoms with Crippen LogP contribution < -0.4 is 5.32 Å². The Balaban J connectivity index is 2.14. The van der Waals surface area contributed by atoms with Gasteiger partial charge in [0, 0.05) is 12.2 Å². The molecule has 1 aliphatic rings. The van der Waals surface area contributed by atoms with Gasteiger partial charge in [0.05, 0.1) is 5.29 Å². The predicted molar refractivity (Wildman–Crippen MR) is 74.7 cm³/mol. The molecule has 1 heterocycles. The molecule has 1 aromatic rings. The molecule has 5 nitrogen and oxygen atoms in total. The number of benzene rings is 1. The maximum atomic E-state index is 12.3. The van der Waals surface area contributed by atoms with E-state index in [2.05, 4.69) is 10.6 Å². The summed E-state index contributed by atoms with van der Waals surface area (Å²) in [5.74, 6) is -0.142. The summed E-state index contributed by atoms with van der Waals surface area (Å²) in [7, 11) is 0. The number of para-hydroxylation sites is 1. The summed E-state index contributed by atoms with van der Waals surface area (Å²) in [4.78, 5) is 23.0. The molecule has 1 fully saturated rings. The monoisotopic (exact) mass is 261 g/mol. The number of piperidine rings is 1. The highest BCUT2D eigenvalue weighted by Gasteiger charge is 2.29. The normalized spacial score (nSPS) is 19.1. The fourth-order valence-electron chi connectivity index (χ4n) is 2.50. The minimum absolute atomic E-state index is 0.142. The van der Waals surface area contributed by atoms with Crippen LogP contribution in [0.15, 0.2) is 23.5 Å². The second-order valence-electron chi connectivity index (χ2n) is 5.01. The van der Waals surface area contributed by atoms with Gasteiger partial charge in [-0.2, -0.15) is 0 Å². The molecular formula is C14H19N3O2. The van der Waals surface area contributed by atoms with Gasteiger partial charge < -0.3 is 5.32 Å². The Kier molecular flexibility index (Phi) is 4.14. The van der Waals surface area contributed by atoms with Crippen molar-refractivity contribution < 1.29 is 4.79 Å². The molecule has 1 saturated heterocycles. The van der Waals surface area contributed by atoms with E-state index in [1.165, 1.54) is 5.01 Å². The van der Waals surface area contributed by atoms with Crippen molar-refractivity contribution in [3.05, 3.63) is 34.2 Å². The zero-order valence-electron chi connectivity index (χ0n) is 11.3. The molecule has 1 aromatic carbocycles. The molecule has 102 valence electrons. The molecule has 1 N–H and O–H groups in total. The number of carbonyl (C=O) groups is 1. The van der Waals surface area contributed by atoms with Crippen molar-refractivity contribution in [3.63, 3.8) is 0 Å². The number of carbonyl (C=O) groups excluding carboxylic acids is 1. The minimum atomic E-state index is -0.440. The quantitative estimate of drug-likeness (QED) is 0.851. The summed E-state index contributed by atoms with van der Waals surface area (Å²) >= 11 is 0. The zero-order valence-corrected chi connectivity index (χ0v) is 11.3. The fourth-order valence-corrected chi connectivity index (χ4v) is 2.50. The van der Waals surface area contributed by atoms with E-state index in [0.717, 1.165) is 29.7 Å². The third-order valence-electron chi connectivity index (χ3n) is 3.61. The van der Waals surface area contributed by atoms with Gasteiger partial charge in [0.1, 0.15) is 6.04 Å². The van der Waals surface area contributed by atoms with Gasteiger partial charge in [0.25, 0.3) is 0 Å². The van der Waals surface area contributed by atoms with E-state index in [0.29, 0.717) is 13.0 Å². The van der Waals surface area contributed by atoms with Crippen LogP contribution in [0.3, 0.4) is 0 Å². The Hall–Kier alpha value is -1.91. The number of hydrogen-bond donors (Lipinski definition) is 1. The number of amides is 1. The van der Waals surface area contributed by atoms with Crippen LogP contribution in [0.4, 0.5) is 5.69 Å². The number of aryl methyl sites for hydroxylation is 2. The van der Waals surface area contributed by atoms with Crippen molar-refractivity contribution in [3.8, 4) is 0 Å². The third-order valence-corrected chi connectivity index (χ3v) is 3.61. The Labute approximate surface area is 112 Å². The van der Waals surface area contributed by atoms with Crippen LogP contribution in [0.5, 0.6) is 0 Å². The Morgan fingerprint density at radius 2 is 2.00 bits per heavy atom. The van der Waals surface area contributed by atoms with Gasteiger partial charge in [0.2, 0.25) is 5.91 Å². The van der Waals surface area contributed by atoms with Gasteiger partial charge in [-0.25, -0.2) is 5.01 Å². The topological polar surface area (TPSA) is 61.8 Å². The first-order valence-electron chi connectivity index (χ1n) is 6.60. The molecule has 1 atom stereocenters. The van der Waals surface area contributed by atoms with Crippen LogP contribution in [0.25, 0.3) is 0 Å². The Morgan fingerprint density at radius 3 is 2.63 bits per heavy atom. The van der Waals surface area contributed by atoms with Crippen molar-refractivity contribution >= 4 is 11.6 Å². The lowest BCUT2D eigenvalue weighted by Crippen LogP contribution is -2.44. The van der Waals surface area contributed by atoms with E-state index < -0.39 is 6.04 Å². The molecule has 1 amide bonds. The summed E-state index contributed by atoms with van der Waals surface area (Å²) in [6.07, 6.45) is 2.55. The van der Waals surface area contributed by atoms with E-state index in [1.807, 2.05) is 32.0 Å². The SMILES string of the molecule is Cc1cccc(C)c1NC(=O)[C@@H]1CCCCN1N=O. The summed E-state index contributed by atoms with van der Waals surface area (Å²) < 4.78 is 0. The van der Waals surface area contributed by atoms with Gasteiger partial charge in [-0.05, 0) is 44.2 Å². The van der Waals surface area contributed by atoms with Crippen molar-refractivity contribution in [1.29, 1.82) is 0 Å². The first-order valence-corrected chi connectivity index (χ1v) is 6.60. The molecular weight excluding hydrogens is 242 g/mol. The number of nitrogens with zero attached hydrogens (tertiary/aromatic N) is 2. The largest absolute Gasteiger partial charge is 0.324 e. The lowest BCUT2D eigenvalue weighted by Gasteiger charge is -2.29. The average Bonchev–Trinajstić information content (AvgIpc) is 2.42. The molecule has 0 aromatic heterocycles. The minimum Gasteiger partial charge on any atom is -0.324 e. The molecule has 0 radical (unpaired) electrons. The fraction of sp³-hybridized carbons (Fsp3) is 0.500. The second kappa shape index (κ2) is 5.82. The van der Waals surface area contributed by atoms with Gasteiger partial charge in [0.15, 0.2) is 0 Å². The highest BCUT2D eigenvalue weighted by Crippen LogP contribution is 2.23. The van der Waals surface area contributed by atoms with Crippen LogP contribution in [0.2, 0.25) is 0 Å². The van der Waals surface area contributed by atoms with Gasteiger partial charge in [-0.1, -0.05) is 18.2 Å². The molecule has 0 saturated carbocycles. The molecule has 2 rings (SSSR count). The van der Waals surface area contributed by atoms with Crippen molar-refractivity contribution in [2.75, 3.05) is 11.9 Å². The number of nitroso groups, excluding NO2 is 1. The summed E-state index contributed by atoms with van der Waals surface area (Å²) in [6.45, 7) is 4.48. The van der Waals surface area contributed by atoms with Crippen LogP contribution in [0.1, 0.15) is 30.4 Å². The summed E-state index contributed by atoms with van der Waals surface area (Å²) in [5.41, 5.74) is 2.88. The van der Waals surface area contributed by atoms with Crippen LogP contribution in [0, 0.1) is 18.8 Å². The lowest BCUT2D eigenvalue weighted by molar-refractivity contribution is -0.122. The Bertz CT molecular complexity index is 467. The third kappa shape index (κ3) is 2.92. The standard InChI is InChI=1S/C14H19N3O2/c1-10-6-5-7-11(2)13(10)15-14(18)12-8-3-4-9-17(12)16-19/h5-7,12H,3-4,8-9H2,1-2H3,(H,15,18)/t12-/m0/s1. The molecule has 5 heteroatoms. The lowest BCUT2D eigenvalue weighted by atomic mass is 10.0. The van der Waals surface area contributed by atoms with E-state index in [4.69, 9.17) is 0 Å². The first-order chi connectivity index (χ1) is 9.13. The van der Waals surface area contributed by atoms with Crippen LogP contribution >= 0.6 is 0 Å². The number of nitrogens with one attached hydrogen (secondary N) is 1. The predicted octanol–water partition coefficient (Wildman–Crippen LogP) is 2.78. The van der Waals surface area contributed by atoms with E-state index in [1.54, 1.807) is 0 Å². The van der Waals surface area contributed by atoms with E-state index >= 15 is 0 Å². The highest BCUT2D eigenvalue weighted by molar-refractivity contribution is 5.96. The molecule has 0 bridgehead atoms. The number of anilines is 1. The van der Waals surface area contributed by atoms with Gasteiger partial charge in [-0.15, -0.1) is 4.91 Å². The van der Waals surface area contributed by atoms with Crippen molar-refractivity contribution in [1.82, 2.24) is 5.01 Å². The number of rotatable bonds is 3. The van der Waals surface area contributed by atoms with E-state index in [-0.39, 0.29) is 5.91 Å². The molecule has 0 aliphatic carbocycles. The van der Waals surface area contributed by atoms with Crippen LogP contribution in [-0.4, -0.2) is 23.5 Å². The van der Waals surface area contributed by atoms with Crippen LogP contribution in [-0.2, 0) is 4.79 Å². The molecule has 0 spiro atoms. The zero-order chi connectivity index (χ0) is 13.8. The summed E-state index contributed by atoms with van der Waals surface area (Å²) in [6, 6.07) is 5.43. The maximum absolute atomic E-state index is 12.3. The van der Waals surface area contributed by atoms with Gasteiger partial charge >= 0.3 is 0 Å². The van der Waals surface area contributed by atoms with Crippen molar-refractivity contribution in [2.45, 2.75) is 39.2 Å². The van der Waals surface area contributed by atoms with Crippen molar-refractivity contribution in [2.24, 2.45) is 5.29 Å². The molecule has 0 unspecified atom stereocenters. The first kappa shape index (κ1) is 13.5. The second-order valence-corrected chi connectivity index (χ2v) is 5.01. The number of hydrogen-bond acceptors (Lipinski definition) is 3. The van der Waals surface area contributed by atoms with E-state index in [9.17, 15) is 9.70 Å². The summed E-state index contributed by atoms with van der Waals surface area (Å²) in [5, 5.41) is 7.25. The molecule has 19 heavy (non-hydrogen) atoms. The average molecular weight is 261 g/mol. The highest BCUT2D eigenvalue weighted by atomic mass is 16.3. The van der Waals surface area contributed by atoms with Gasteiger partial charge in [-0.3, -0.25) is 4.79 Å². The molecule has 1 aliphatic heterocycles. The Morgan fingerprint density at radius 1 is 1.32 bits per heavy atom. The maximum Gasteiger partial charge on any atom is 0.248 e. The smallest absolute Gasteiger partial charge is 0.248 e.